The average Bonchev–Trinajstić information content (AvgIpc) is 3.30. The minimum Gasteiger partial charge on any atom is -0.484 e. The molecule has 1 aliphatic carbocycles. The molecule has 0 radical (unpaired) electrons. The Morgan fingerprint density at radius 2 is 1.80 bits per heavy atom. The van der Waals surface area contributed by atoms with Crippen LogP contribution in [0.3, 0.4) is 0 Å². The van der Waals surface area contributed by atoms with Gasteiger partial charge in [-0.15, -0.1) is 0 Å². The van der Waals surface area contributed by atoms with Crippen LogP contribution in [-0.4, -0.2) is 41.6 Å². The summed E-state index contributed by atoms with van der Waals surface area (Å²) in [5.41, 5.74) is -0.790. The monoisotopic (exact) mass is 357 g/mol. The number of hydrogen-bond donors (Lipinski definition) is 1. The molecule has 2 fully saturated rings. The highest BCUT2D eigenvalue weighted by molar-refractivity contribution is 5.80. The first kappa shape index (κ1) is 17.6. The molecule has 0 aromatic heterocycles. The first-order valence-electron chi connectivity index (χ1n) is 8.06. The molecular weight excluding hydrogens is 339 g/mol. The van der Waals surface area contributed by atoms with Crippen LogP contribution in [0.5, 0.6) is 5.75 Å². The third kappa shape index (κ3) is 4.05. The van der Waals surface area contributed by atoms with Crippen molar-refractivity contribution >= 4 is 11.9 Å². The maximum absolute atomic E-state index is 12.5. The molecule has 0 unspecified atom stereocenters. The second-order valence-electron chi connectivity index (χ2n) is 6.56. The highest BCUT2D eigenvalue weighted by Gasteiger charge is 2.46. The molecule has 0 bridgehead atoms. The van der Waals surface area contributed by atoms with Gasteiger partial charge in [-0.3, -0.25) is 9.59 Å². The number of nitrogens with zero attached hydrogens (tertiary/aromatic N) is 1. The van der Waals surface area contributed by atoms with E-state index >= 15 is 0 Å². The number of carboxylic acid groups (broad SMARTS) is 1. The van der Waals surface area contributed by atoms with Crippen molar-refractivity contribution in [2.24, 2.45) is 17.8 Å². The summed E-state index contributed by atoms with van der Waals surface area (Å²) < 4.78 is 42.7. The Labute approximate surface area is 142 Å². The zero-order valence-electron chi connectivity index (χ0n) is 13.3. The summed E-state index contributed by atoms with van der Waals surface area (Å²) in [6.45, 7) is 0.234. The summed E-state index contributed by atoms with van der Waals surface area (Å²) in [5, 5.41) is 9.30. The molecule has 3 rings (SSSR count). The number of halogens is 3. The summed E-state index contributed by atoms with van der Waals surface area (Å²) in [7, 11) is 0. The Hall–Kier alpha value is -2.25. The van der Waals surface area contributed by atoms with Crippen molar-refractivity contribution < 1.29 is 32.6 Å². The smallest absolute Gasteiger partial charge is 0.416 e. The number of ether oxygens (including phenoxy) is 1. The van der Waals surface area contributed by atoms with Crippen LogP contribution in [-0.2, 0) is 15.8 Å². The fraction of sp³-hybridized carbons (Fsp3) is 0.529. The Balaban J connectivity index is 1.55. The second kappa shape index (κ2) is 6.57. The second-order valence-corrected chi connectivity index (χ2v) is 6.56. The highest BCUT2D eigenvalue weighted by Crippen LogP contribution is 2.44. The molecule has 1 N–H and O–H groups in total. The topological polar surface area (TPSA) is 66.8 Å². The number of carbonyl (C=O) groups is 2. The summed E-state index contributed by atoms with van der Waals surface area (Å²) >= 11 is 0. The van der Waals surface area contributed by atoms with E-state index in [-0.39, 0.29) is 30.7 Å². The molecule has 1 saturated heterocycles. The summed E-state index contributed by atoms with van der Waals surface area (Å²) in [6, 6.07) is 4.10. The molecule has 1 amide bonds. The Bertz CT molecular complexity index is 655. The largest absolute Gasteiger partial charge is 0.484 e. The van der Waals surface area contributed by atoms with Crippen molar-refractivity contribution in [3.8, 4) is 5.75 Å². The third-order valence-electron chi connectivity index (χ3n) is 4.81. The molecule has 136 valence electrons. The number of aliphatic carboxylic acids is 1. The van der Waals surface area contributed by atoms with Crippen LogP contribution < -0.4 is 4.74 Å². The van der Waals surface area contributed by atoms with E-state index in [1.54, 1.807) is 0 Å². The van der Waals surface area contributed by atoms with E-state index < -0.39 is 23.6 Å². The van der Waals surface area contributed by atoms with E-state index in [0.717, 1.165) is 37.1 Å². The Kier molecular flexibility index (Phi) is 4.62. The van der Waals surface area contributed by atoms with Gasteiger partial charge in [-0.1, -0.05) is 0 Å². The lowest BCUT2D eigenvalue weighted by Gasteiger charge is -2.17. The predicted octanol–water partition coefficient (Wildman–Crippen LogP) is 2.65. The summed E-state index contributed by atoms with van der Waals surface area (Å²) in [4.78, 5) is 25.1. The molecule has 1 saturated carbocycles. The molecule has 1 aromatic rings. The first-order valence-corrected chi connectivity index (χ1v) is 8.06. The summed E-state index contributed by atoms with van der Waals surface area (Å²) in [6.07, 6.45) is -2.43. The lowest BCUT2D eigenvalue weighted by molar-refractivity contribution is -0.143. The molecule has 0 spiro atoms. The number of hydrogen-bond acceptors (Lipinski definition) is 3. The van der Waals surface area contributed by atoms with Gasteiger partial charge < -0.3 is 14.7 Å². The van der Waals surface area contributed by atoms with Gasteiger partial charge in [0.25, 0.3) is 5.91 Å². The van der Waals surface area contributed by atoms with E-state index in [0.29, 0.717) is 12.5 Å². The average molecular weight is 357 g/mol. The maximum atomic E-state index is 12.5. The van der Waals surface area contributed by atoms with Gasteiger partial charge in [0.2, 0.25) is 0 Å². The standard InChI is InChI=1S/C17H18F3NO4/c18-17(19,20)11-3-5-12(6-4-11)25-9-15(22)21-7-13(10-1-2-10)14(8-21)16(23)24/h3-6,10,13-14H,1-2,7-9H2,(H,23,24)/t13-,14+/m1/s1. The van der Waals surface area contributed by atoms with Crippen molar-refractivity contribution in [2.75, 3.05) is 19.7 Å². The molecule has 25 heavy (non-hydrogen) atoms. The minimum atomic E-state index is -4.42. The van der Waals surface area contributed by atoms with Crippen molar-refractivity contribution in [1.82, 2.24) is 4.90 Å². The van der Waals surface area contributed by atoms with Gasteiger partial charge in [-0.25, -0.2) is 0 Å². The van der Waals surface area contributed by atoms with E-state index in [1.165, 1.54) is 4.90 Å². The molecule has 5 nitrogen and oxygen atoms in total. The fourth-order valence-corrected chi connectivity index (χ4v) is 3.27. The van der Waals surface area contributed by atoms with Crippen molar-refractivity contribution in [3.05, 3.63) is 29.8 Å². The van der Waals surface area contributed by atoms with Crippen LogP contribution in [0.25, 0.3) is 0 Å². The van der Waals surface area contributed by atoms with Gasteiger partial charge in [-0.05, 0) is 48.9 Å². The van der Waals surface area contributed by atoms with E-state index in [4.69, 9.17) is 4.74 Å². The van der Waals surface area contributed by atoms with Crippen LogP contribution in [0.4, 0.5) is 13.2 Å². The number of benzene rings is 1. The van der Waals surface area contributed by atoms with Crippen LogP contribution in [0, 0.1) is 17.8 Å². The Morgan fingerprint density at radius 3 is 2.32 bits per heavy atom. The van der Waals surface area contributed by atoms with Gasteiger partial charge in [0.05, 0.1) is 11.5 Å². The molecule has 2 atom stereocenters. The SMILES string of the molecule is O=C(O)[C@H]1CN(C(=O)COc2ccc(C(F)(F)F)cc2)C[C@@H]1C1CC1. The number of amides is 1. The normalized spacial score (nSPS) is 23.6. The van der Waals surface area contributed by atoms with E-state index in [9.17, 15) is 27.9 Å². The molecule has 1 heterocycles. The number of carbonyl (C=O) groups excluding carboxylic acids is 1. The Morgan fingerprint density at radius 1 is 1.16 bits per heavy atom. The number of rotatable bonds is 5. The summed E-state index contributed by atoms with van der Waals surface area (Å²) in [5.74, 6) is -1.29. The van der Waals surface area contributed by atoms with Gasteiger partial charge in [0.1, 0.15) is 5.75 Å². The van der Waals surface area contributed by atoms with E-state index in [1.807, 2.05) is 0 Å². The van der Waals surface area contributed by atoms with Crippen molar-refractivity contribution in [2.45, 2.75) is 19.0 Å². The van der Waals surface area contributed by atoms with Crippen LogP contribution in [0.15, 0.2) is 24.3 Å². The zero-order chi connectivity index (χ0) is 18.2. The quantitative estimate of drug-likeness (QED) is 0.880. The molecule has 1 aliphatic heterocycles. The van der Waals surface area contributed by atoms with Gasteiger partial charge in [0.15, 0.2) is 6.61 Å². The zero-order valence-corrected chi connectivity index (χ0v) is 13.3. The first-order chi connectivity index (χ1) is 11.8. The van der Waals surface area contributed by atoms with Gasteiger partial charge in [0, 0.05) is 13.1 Å². The van der Waals surface area contributed by atoms with Gasteiger partial charge in [-0.2, -0.15) is 13.2 Å². The van der Waals surface area contributed by atoms with Crippen LogP contribution in [0.2, 0.25) is 0 Å². The predicted molar refractivity (Wildman–Crippen MR) is 80.9 cm³/mol. The molecule has 1 aromatic carbocycles. The van der Waals surface area contributed by atoms with Crippen molar-refractivity contribution in [1.29, 1.82) is 0 Å². The third-order valence-corrected chi connectivity index (χ3v) is 4.81. The molecular formula is C17H18F3NO4. The molecule has 8 heteroatoms. The van der Waals surface area contributed by atoms with Crippen LogP contribution in [0.1, 0.15) is 18.4 Å². The van der Waals surface area contributed by atoms with Gasteiger partial charge >= 0.3 is 12.1 Å². The van der Waals surface area contributed by atoms with Crippen molar-refractivity contribution in [3.63, 3.8) is 0 Å². The minimum absolute atomic E-state index is 0.0208. The lowest BCUT2D eigenvalue weighted by Crippen LogP contribution is -2.33. The maximum Gasteiger partial charge on any atom is 0.416 e. The number of carboxylic acids is 1. The fourth-order valence-electron chi connectivity index (χ4n) is 3.27. The molecule has 2 aliphatic rings. The lowest BCUT2D eigenvalue weighted by atomic mass is 9.92. The van der Waals surface area contributed by atoms with E-state index in [2.05, 4.69) is 0 Å². The van der Waals surface area contributed by atoms with Crippen LogP contribution >= 0.6 is 0 Å². The number of alkyl halides is 3. The highest BCUT2D eigenvalue weighted by atomic mass is 19.4. The number of likely N-dealkylation sites (tertiary alicyclic amines) is 1.